The number of likely N-dealkylation sites (tertiary alicyclic amines) is 1. The minimum absolute atomic E-state index is 0.148. The highest BCUT2D eigenvalue weighted by Gasteiger charge is 2.23. The molecule has 0 unspecified atom stereocenters. The maximum absolute atomic E-state index is 12.4. The number of piperidine rings is 1. The zero-order chi connectivity index (χ0) is 18.4. The zero-order valence-electron chi connectivity index (χ0n) is 14.4. The number of aromatic nitrogens is 1. The highest BCUT2D eigenvalue weighted by atomic mass is 35.5. The van der Waals surface area contributed by atoms with Crippen molar-refractivity contribution in [1.29, 1.82) is 5.26 Å². The standard InChI is InChI=1S/C20H20ClN3O2/c21-18-3-1-15(2-4-18)12-20(25)24-9-6-16(7-10-24)14-26-19-11-17(13-22)5-8-23-19/h1-5,8,11,16H,6-7,9-10,12,14H2. The molecule has 0 atom stereocenters. The van der Waals surface area contributed by atoms with Gasteiger partial charge in [0.1, 0.15) is 0 Å². The molecule has 1 aromatic carbocycles. The lowest BCUT2D eigenvalue weighted by atomic mass is 9.97. The lowest BCUT2D eigenvalue weighted by Gasteiger charge is -2.32. The van der Waals surface area contributed by atoms with E-state index in [-0.39, 0.29) is 5.91 Å². The van der Waals surface area contributed by atoms with Crippen LogP contribution in [0.5, 0.6) is 5.88 Å². The zero-order valence-corrected chi connectivity index (χ0v) is 15.2. The van der Waals surface area contributed by atoms with Crippen LogP contribution in [0.15, 0.2) is 42.6 Å². The van der Waals surface area contributed by atoms with Gasteiger partial charge in [0, 0.05) is 30.4 Å². The molecular formula is C20H20ClN3O2. The van der Waals surface area contributed by atoms with Crippen molar-refractivity contribution in [2.75, 3.05) is 19.7 Å². The molecule has 0 radical (unpaired) electrons. The van der Waals surface area contributed by atoms with Gasteiger partial charge in [-0.05, 0) is 42.5 Å². The van der Waals surface area contributed by atoms with E-state index in [4.69, 9.17) is 21.6 Å². The third-order valence-electron chi connectivity index (χ3n) is 4.57. The molecule has 1 fully saturated rings. The molecule has 0 saturated carbocycles. The van der Waals surface area contributed by atoms with Crippen LogP contribution in [0.1, 0.15) is 24.0 Å². The molecule has 1 amide bonds. The van der Waals surface area contributed by atoms with E-state index in [9.17, 15) is 4.79 Å². The summed E-state index contributed by atoms with van der Waals surface area (Å²) in [5, 5.41) is 9.58. The highest BCUT2D eigenvalue weighted by Crippen LogP contribution is 2.20. The molecule has 1 aliphatic heterocycles. The summed E-state index contributed by atoms with van der Waals surface area (Å²) in [5.74, 6) is 1.02. The first-order chi connectivity index (χ1) is 12.6. The second kappa shape index (κ2) is 8.68. The molecule has 3 rings (SSSR count). The lowest BCUT2D eigenvalue weighted by molar-refractivity contribution is -0.132. The van der Waals surface area contributed by atoms with E-state index < -0.39 is 0 Å². The molecule has 5 nitrogen and oxygen atoms in total. The Hall–Kier alpha value is -2.58. The molecule has 0 bridgehead atoms. The summed E-state index contributed by atoms with van der Waals surface area (Å²) in [7, 11) is 0. The fraction of sp³-hybridized carbons (Fsp3) is 0.350. The van der Waals surface area contributed by atoms with Crippen LogP contribution in [0.3, 0.4) is 0 Å². The van der Waals surface area contributed by atoms with Gasteiger partial charge >= 0.3 is 0 Å². The summed E-state index contributed by atoms with van der Waals surface area (Å²) in [5.41, 5.74) is 1.52. The van der Waals surface area contributed by atoms with Crippen LogP contribution >= 0.6 is 11.6 Å². The molecule has 2 aromatic rings. The SMILES string of the molecule is N#Cc1ccnc(OCC2CCN(C(=O)Cc3ccc(Cl)cc3)CC2)c1. The average molecular weight is 370 g/mol. The van der Waals surface area contributed by atoms with Crippen molar-refractivity contribution in [3.63, 3.8) is 0 Å². The van der Waals surface area contributed by atoms with Gasteiger partial charge in [-0.15, -0.1) is 0 Å². The normalized spacial score (nSPS) is 14.7. The Morgan fingerprint density at radius 2 is 2.00 bits per heavy atom. The van der Waals surface area contributed by atoms with Gasteiger partial charge in [-0.3, -0.25) is 4.79 Å². The summed E-state index contributed by atoms with van der Waals surface area (Å²) in [6.07, 6.45) is 3.80. The molecule has 2 heterocycles. The molecule has 1 saturated heterocycles. The van der Waals surface area contributed by atoms with Crippen LogP contribution in [0.2, 0.25) is 5.02 Å². The first-order valence-corrected chi connectivity index (χ1v) is 9.03. The number of hydrogen-bond donors (Lipinski definition) is 0. The van der Waals surface area contributed by atoms with E-state index >= 15 is 0 Å². The third kappa shape index (κ3) is 4.96. The molecule has 0 spiro atoms. The van der Waals surface area contributed by atoms with Crippen molar-refractivity contribution in [1.82, 2.24) is 9.88 Å². The van der Waals surface area contributed by atoms with E-state index in [1.165, 1.54) is 0 Å². The number of nitriles is 1. The summed E-state index contributed by atoms with van der Waals surface area (Å²) < 4.78 is 5.71. The number of amides is 1. The summed E-state index contributed by atoms with van der Waals surface area (Å²) in [6.45, 7) is 2.04. The second-order valence-electron chi connectivity index (χ2n) is 6.43. The van der Waals surface area contributed by atoms with Gasteiger partial charge in [-0.2, -0.15) is 5.26 Å². The van der Waals surface area contributed by atoms with Gasteiger partial charge in [0.2, 0.25) is 11.8 Å². The lowest BCUT2D eigenvalue weighted by Crippen LogP contribution is -2.40. The second-order valence-corrected chi connectivity index (χ2v) is 6.87. The number of pyridine rings is 1. The molecule has 0 N–H and O–H groups in total. The largest absolute Gasteiger partial charge is 0.477 e. The average Bonchev–Trinajstić information content (AvgIpc) is 2.68. The van der Waals surface area contributed by atoms with Crippen LogP contribution in [0.25, 0.3) is 0 Å². The Balaban J connectivity index is 1.44. The van der Waals surface area contributed by atoms with Gasteiger partial charge in [0.25, 0.3) is 0 Å². The maximum Gasteiger partial charge on any atom is 0.226 e. The van der Waals surface area contributed by atoms with Crippen LogP contribution in [-0.2, 0) is 11.2 Å². The molecule has 26 heavy (non-hydrogen) atoms. The van der Waals surface area contributed by atoms with Crippen LogP contribution in [-0.4, -0.2) is 35.5 Å². The maximum atomic E-state index is 12.4. The fourth-order valence-electron chi connectivity index (χ4n) is 3.00. The van der Waals surface area contributed by atoms with E-state index in [2.05, 4.69) is 11.1 Å². The molecule has 0 aliphatic carbocycles. The smallest absolute Gasteiger partial charge is 0.226 e. The Kier molecular flexibility index (Phi) is 6.08. The predicted octanol–water partition coefficient (Wildman–Crippen LogP) is 3.47. The van der Waals surface area contributed by atoms with Crippen molar-refractivity contribution < 1.29 is 9.53 Å². The minimum atomic E-state index is 0.148. The third-order valence-corrected chi connectivity index (χ3v) is 4.82. The van der Waals surface area contributed by atoms with Crippen molar-refractivity contribution in [2.45, 2.75) is 19.3 Å². The van der Waals surface area contributed by atoms with Crippen LogP contribution in [0.4, 0.5) is 0 Å². The Labute approximate surface area is 158 Å². The highest BCUT2D eigenvalue weighted by molar-refractivity contribution is 6.30. The molecule has 134 valence electrons. The van der Waals surface area contributed by atoms with Crippen LogP contribution in [0, 0.1) is 17.2 Å². The first-order valence-electron chi connectivity index (χ1n) is 8.65. The van der Waals surface area contributed by atoms with E-state index in [1.807, 2.05) is 29.2 Å². The Morgan fingerprint density at radius 3 is 2.69 bits per heavy atom. The van der Waals surface area contributed by atoms with Crippen LogP contribution < -0.4 is 4.74 Å². The number of carbonyl (C=O) groups excluding carboxylic acids is 1. The number of halogens is 1. The van der Waals surface area contributed by atoms with Crippen molar-refractivity contribution in [2.24, 2.45) is 5.92 Å². The Morgan fingerprint density at radius 1 is 1.27 bits per heavy atom. The fourth-order valence-corrected chi connectivity index (χ4v) is 3.12. The molecule has 1 aliphatic rings. The quantitative estimate of drug-likeness (QED) is 0.809. The minimum Gasteiger partial charge on any atom is -0.477 e. The Bertz CT molecular complexity index is 793. The van der Waals surface area contributed by atoms with Gasteiger partial charge in [0.05, 0.1) is 24.7 Å². The predicted molar refractivity (Wildman–Crippen MR) is 98.9 cm³/mol. The van der Waals surface area contributed by atoms with E-state index in [1.54, 1.807) is 18.3 Å². The molecule has 1 aromatic heterocycles. The summed E-state index contributed by atoms with van der Waals surface area (Å²) >= 11 is 5.88. The number of nitrogens with zero attached hydrogens (tertiary/aromatic N) is 3. The van der Waals surface area contributed by atoms with E-state index in [0.717, 1.165) is 31.5 Å². The van der Waals surface area contributed by atoms with Crippen molar-refractivity contribution in [3.05, 3.63) is 58.7 Å². The topological polar surface area (TPSA) is 66.2 Å². The van der Waals surface area contributed by atoms with Gasteiger partial charge in [-0.25, -0.2) is 4.98 Å². The number of hydrogen-bond acceptors (Lipinski definition) is 4. The van der Waals surface area contributed by atoms with Crippen molar-refractivity contribution in [3.8, 4) is 11.9 Å². The monoisotopic (exact) mass is 369 g/mol. The molecular weight excluding hydrogens is 350 g/mol. The number of benzene rings is 1. The van der Waals surface area contributed by atoms with Gasteiger partial charge in [0.15, 0.2) is 0 Å². The van der Waals surface area contributed by atoms with E-state index in [0.29, 0.717) is 35.4 Å². The first kappa shape index (κ1) is 18.2. The number of ether oxygens (including phenoxy) is 1. The van der Waals surface area contributed by atoms with Gasteiger partial charge in [-0.1, -0.05) is 23.7 Å². The van der Waals surface area contributed by atoms with Crippen molar-refractivity contribution >= 4 is 17.5 Å². The molecule has 6 heteroatoms. The number of carbonyl (C=O) groups is 1. The summed E-state index contributed by atoms with van der Waals surface area (Å²) in [6, 6.07) is 12.8. The summed E-state index contributed by atoms with van der Waals surface area (Å²) in [4.78, 5) is 18.5. The number of rotatable bonds is 5. The van der Waals surface area contributed by atoms with Gasteiger partial charge < -0.3 is 9.64 Å².